The second kappa shape index (κ2) is 16.5. The number of hydrogen-bond acceptors (Lipinski definition) is 5. The van der Waals surface area contributed by atoms with Crippen LogP contribution in [0.3, 0.4) is 0 Å². The summed E-state index contributed by atoms with van der Waals surface area (Å²) < 4.78 is 19.8. The van der Waals surface area contributed by atoms with Gasteiger partial charge < -0.3 is 9.66 Å². The van der Waals surface area contributed by atoms with Crippen LogP contribution in [-0.2, 0) is 15.9 Å². The Morgan fingerprint density at radius 3 is 2.04 bits per heavy atom. The lowest BCUT2D eigenvalue weighted by molar-refractivity contribution is -0.137. The molecule has 0 aliphatic heterocycles. The summed E-state index contributed by atoms with van der Waals surface area (Å²) >= 11 is 4.26. The van der Waals surface area contributed by atoms with E-state index >= 15 is 0 Å². The topological polar surface area (TPSA) is 98.4 Å². The second-order valence-corrected chi connectivity index (χ2v) is 10.0. The summed E-state index contributed by atoms with van der Waals surface area (Å²) in [6, 6.07) is 2.03. The maximum Gasteiger partial charge on any atom is 0.303 e. The summed E-state index contributed by atoms with van der Waals surface area (Å²) in [5, 5.41) is 18.3. The highest BCUT2D eigenvalue weighted by atomic mass is 32.2. The van der Waals surface area contributed by atoms with Gasteiger partial charge >= 0.3 is 5.97 Å². The van der Waals surface area contributed by atoms with E-state index in [1.807, 2.05) is 6.07 Å². The first-order valence-corrected chi connectivity index (χ1v) is 12.3. The molecule has 0 aromatic heterocycles. The zero-order valence-corrected chi connectivity index (χ0v) is 18.7. The van der Waals surface area contributed by atoms with Crippen LogP contribution in [0.15, 0.2) is 0 Å². The van der Waals surface area contributed by atoms with Gasteiger partial charge in [0.05, 0.1) is 11.8 Å². The lowest BCUT2D eigenvalue weighted by Crippen LogP contribution is -2.32. The molecule has 0 aliphatic carbocycles. The van der Waals surface area contributed by atoms with E-state index < -0.39 is 21.8 Å². The van der Waals surface area contributed by atoms with E-state index in [0.29, 0.717) is 10.6 Å². The number of thioether (sulfide) groups is 1. The third-order valence-corrected chi connectivity index (χ3v) is 6.99. The van der Waals surface area contributed by atoms with Gasteiger partial charge in [-0.05, 0) is 19.3 Å². The number of hydrogen-bond donors (Lipinski definition) is 2. The Kier molecular flexibility index (Phi) is 16.2. The summed E-state index contributed by atoms with van der Waals surface area (Å²) in [5.74, 6) is -1.32. The summed E-state index contributed by atoms with van der Waals surface area (Å²) in [6.45, 7) is 2.22. The van der Waals surface area contributed by atoms with E-state index in [2.05, 4.69) is 6.92 Å². The van der Waals surface area contributed by atoms with E-state index in [0.717, 1.165) is 24.6 Å². The van der Waals surface area contributed by atoms with Crippen molar-refractivity contribution in [1.82, 2.24) is 0 Å². The van der Waals surface area contributed by atoms with Crippen LogP contribution >= 0.6 is 24.0 Å². The van der Waals surface area contributed by atoms with E-state index in [9.17, 15) is 18.8 Å². The van der Waals surface area contributed by atoms with Crippen LogP contribution in [0.5, 0.6) is 0 Å². The van der Waals surface area contributed by atoms with Gasteiger partial charge in [-0.3, -0.25) is 4.79 Å². The Morgan fingerprint density at radius 2 is 1.59 bits per heavy atom. The predicted octanol–water partition coefficient (Wildman–Crippen LogP) is 5.71. The fourth-order valence-electron chi connectivity index (χ4n) is 2.80. The third kappa shape index (κ3) is 15.1. The molecule has 5 nitrogen and oxygen atoms in total. The highest BCUT2D eigenvalue weighted by molar-refractivity contribution is 8.24. The summed E-state index contributed by atoms with van der Waals surface area (Å²) in [6.07, 6.45) is 12.7. The molecule has 0 bridgehead atoms. The average Bonchev–Trinajstić information content (AvgIpc) is 2.60. The molecule has 0 saturated carbocycles. The van der Waals surface area contributed by atoms with Gasteiger partial charge in [-0.2, -0.15) is 5.26 Å². The smallest absolute Gasteiger partial charge is 0.303 e. The molecule has 0 spiro atoms. The van der Waals surface area contributed by atoms with Gasteiger partial charge in [-0.25, -0.2) is 4.21 Å². The Hall–Kier alpha value is -0.490. The summed E-state index contributed by atoms with van der Waals surface area (Å²) in [4.78, 5) is 10.8. The minimum atomic E-state index is -2.18. The maximum atomic E-state index is 11.2. The van der Waals surface area contributed by atoms with Crippen molar-refractivity contribution in [1.29, 1.82) is 5.26 Å². The highest BCUT2D eigenvalue weighted by Gasteiger charge is 2.35. The van der Waals surface area contributed by atoms with Crippen molar-refractivity contribution in [2.24, 2.45) is 0 Å². The van der Waals surface area contributed by atoms with E-state index in [4.69, 9.17) is 17.3 Å². The molecule has 0 radical (unpaired) electrons. The fraction of sp³-hybridized carbons (Fsp3) is 0.842. The van der Waals surface area contributed by atoms with Crippen LogP contribution in [0.1, 0.15) is 90.4 Å². The number of nitriles is 1. The Bertz CT molecular complexity index is 508. The van der Waals surface area contributed by atoms with Crippen molar-refractivity contribution in [3.63, 3.8) is 0 Å². The van der Waals surface area contributed by atoms with Crippen molar-refractivity contribution in [3.8, 4) is 6.07 Å². The number of unbranched alkanes of at least 4 members (excludes halogenated alkanes) is 9. The lowest BCUT2D eigenvalue weighted by Gasteiger charge is -2.24. The summed E-state index contributed by atoms with van der Waals surface area (Å²) in [5.41, 5.74) is 0. The number of rotatable bonds is 17. The molecular formula is C19H33NO4S3. The van der Waals surface area contributed by atoms with Gasteiger partial charge in [0.25, 0.3) is 0 Å². The molecule has 27 heavy (non-hydrogen) atoms. The van der Waals surface area contributed by atoms with Crippen molar-refractivity contribution < 1.29 is 18.7 Å². The molecule has 8 heteroatoms. The molecule has 0 rings (SSSR count). The minimum Gasteiger partial charge on any atom is -0.481 e. The molecular weight excluding hydrogens is 402 g/mol. The molecule has 0 saturated heterocycles. The molecule has 156 valence electrons. The van der Waals surface area contributed by atoms with Gasteiger partial charge in [-0.15, -0.1) is 0 Å². The molecule has 0 aromatic rings. The van der Waals surface area contributed by atoms with Crippen LogP contribution < -0.4 is 0 Å². The van der Waals surface area contributed by atoms with E-state index in [1.165, 1.54) is 51.4 Å². The number of carbonyl (C=O) groups is 1. The Morgan fingerprint density at radius 1 is 1.07 bits per heavy atom. The van der Waals surface area contributed by atoms with Gasteiger partial charge in [0.15, 0.2) is 11.1 Å². The first-order valence-electron chi connectivity index (χ1n) is 9.77. The number of aliphatic carboxylic acids is 1. The number of thiocarbonyl (C=S) groups is 1. The Labute approximate surface area is 176 Å². The van der Waals surface area contributed by atoms with E-state index in [-0.39, 0.29) is 18.6 Å². The second-order valence-electron chi connectivity index (χ2n) is 6.87. The van der Waals surface area contributed by atoms with Crippen molar-refractivity contribution >= 4 is 45.2 Å². The van der Waals surface area contributed by atoms with Gasteiger partial charge in [0.2, 0.25) is 0 Å². The molecule has 0 fully saturated rings. The van der Waals surface area contributed by atoms with Crippen LogP contribution in [0, 0.1) is 11.3 Å². The zero-order chi connectivity index (χ0) is 20.5. The van der Waals surface area contributed by atoms with Crippen LogP contribution in [0.2, 0.25) is 0 Å². The predicted molar refractivity (Wildman–Crippen MR) is 118 cm³/mol. The zero-order valence-electron chi connectivity index (χ0n) is 16.3. The molecule has 2 unspecified atom stereocenters. The molecule has 0 heterocycles. The van der Waals surface area contributed by atoms with Crippen molar-refractivity contribution in [2.75, 3.05) is 5.75 Å². The molecule has 2 N–H and O–H groups in total. The molecule has 0 aromatic carbocycles. The molecule has 2 atom stereocenters. The van der Waals surface area contributed by atoms with Gasteiger partial charge in [0.1, 0.15) is 4.75 Å². The standard InChI is InChI=1S/C19H33NO4S3/c1-2-3-4-5-6-7-8-9-10-11-12-18(25)26-19(15-20,16-27(23)24)14-13-17(21)22/h2-14,16H2,1H3,(H,21,22)(H,23,24). The molecule has 0 amide bonds. The Balaban J connectivity index is 4.11. The lowest BCUT2D eigenvalue weighted by atomic mass is 10.1. The first-order chi connectivity index (χ1) is 12.8. The average molecular weight is 436 g/mol. The van der Waals surface area contributed by atoms with Crippen LogP contribution in [0.4, 0.5) is 0 Å². The monoisotopic (exact) mass is 435 g/mol. The largest absolute Gasteiger partial charge is 0.481 e. The SMILES string of the molecule is CCCCCCCCCCCCC(=S)SC(C#N)(CCC(=O)O)CS(=O)O. The quantitative estimate of drug-likeness (QED) is 0.171. The third-order valence-electron chi connectivity index (χ3n) is 4.35. The first kappa shape index (κ1) is 26.5. The van der Waals surface area contributed by atoms with E-state index in [1.54, 1.807) is 0 Å². The van der Waals surface area contributed by atoms with Gasteiger partial charge in [0, 0.05) is 10.6 Å². The number of carboxylic acid groups (broad SMARTS) is 1. The number of carboxylic acids is 1. The normalized spacial score (nSPS) is 14.3. The molecule has 0 aliphatic rings. The maximum absolute atomic E-state index is 11.2. The minimum absolute atomic E-state index is 0.00791. The van der Waals surface area contributed by atoms with Gasteiger partial charge in [-0.1, -0.05) is 88.7 Å². The highest BCUT2D eigenvalue weighted by Crippen LogP contribution is 2.34. The van der Waals surface area contributed by atoms with Crippen molar-refractivity contribution in [3.05, 3.63) is 0 Å². The number of nitrogens with zero attached hydrogens (tertiary/aromatic N) is 1. The fourth-order valence-corrected chi connectivity index (χ4v) is 5.50. The van der Waals surface area contributed by atoms with Crippen LogP contribution in [0.25, 0.3) is 0 Å². The summed E-state index contributed by atoms with van der Waals surface area (Å²) in [7, 11) is 0. The van der Waals surface area contributed by atoms with Crippen LogP contribution in [-0.4, -0.2) is 34.5 Å². The van der Waals surface area contributed by atoms with Crippen molar-refractivity contribution in [2.45, 2.75) is 95.1 Å².